The van der Waals surface area contributed by atoms with Crippen molar-refractivity contribution in [3.05, 3.63) is 212 Å². The molecule has 59 heavy (non-hydrogen) atoms. The molecule has 12 rings (SSSR count). The molecule has 0 aliphatic carbocycles. The van der Waals surface area contributed by atoms with Gasteiger partial charge in [0, 0.05) is 59.0 Å². The molecule has 0 amide bonds. The van der Waals surface area contributed by atoms with Crippen molar-refractivity contribution in [2.45, 2.75) is 0 Å². The fourth-order valence-electron chi connectivity index (χ4n) is 9.01. The minimum absolute atomic E-state index is 0.872. The molecule has 0 saturated carbocycles. The van der Waals surface area contributed by atoms with Crippen LogP contribution in [0.3, 0.4) is 0 Å². The lowest BCUT2D eigenvalue weighted by molar-refractivity contribution is 0.669. The van der Waals surface area contributed by atoms with Crippen molar-refractivity contribution in [2.24, 2.45) is 0 Å². The van der Waals surface area contributed by atoms with Crippen molar-refractivity contribution in [3.8, 4) is 33.4 Å². The summed E-state index contributed by atoms with van der Waals surface area (Å²) in [5, 5.41) is 9.73. The largest absolute Gasteiger partial charge is 0.456 e. The first-order valence-corrected chi connectivity index (χ1v) is 20.9. The van der Waals surface area contributed by atoms with E-state index >= 15 is 0 Å². The van der Waals surface area contributed by atoms with Gasteiger partial charge in [-0.25, -0.2) is 0 Å². The van der Waals surface area contributed by atoms with Crippen LogP contribution in [0.1, 0.15) is 0 Å². The molecule has 2 nitrogen and oxygen atoms in total. The van der Waals surface area contributed by atoms with Crippen molar-refractivity contribution in [1.29, 1.82) is 0 Å². The monoisotopic (exact) mass is 769 g/mol. The summed E-state index contributed by atoms with van der Waals surface area (Å²) < 4.78 is 9.29. The molecule has 276 valence electrons. The van der Waals surface area contributed by atoms with Crippen molar-refractivity contribution in [3.63, 3.8) is 0 Å². The molecule has 0 radical (unpaired) electrons. The molecular formula is C56H35NOS. The minimum atomic E-state index is 0.872. The number of furan rings is 1. The number of rotatable bonds is 6. The Morgan fingerprint density at radius 1 is 0.339 bits per heavy atom. The van der Waals surface area contributed by atoms with Crippen LogP contribution in [0.2, 0.25) is 0 Å². The van der Waals surface area contributed by atoms with E-state index in [0.29, 0.717) is 0 Å². The summed E-state index contributed by atoms with van der Waals surface area (Å²) in [5.74, 6) is 0. The fourth-order valence-corrected chi connectivity index (χ4v) is 10.2. The van der Waals surface area contributed by atoms with E-state index in [1.165, 1.54) is 75.1 Å². The van der Waals surface area contributed by atoms with Gasteiger partial charge in [0.05, 0.1) is 0 Å². The Kier molecular flexibility index (Phi) is 7.75. The van der Waals surface area contributed by atoms with Gasteiger partial charge in [0.15, 0.2) is 0 Å². The highest BCUT2D eigenvalue weighted by Gasteiger charge is 2.20. The maximum atomic E-state index is 6.68. The van der Waals surface area contributed by atoms with Gasteiger partial charge in [-0.1, -0.05) is 152 Å². The smallest absolute Gasteiger partial charge is 0.136 e. The second-order valence-electron chi connectivity index (χ2n) is 15.3. The van der Waals surface area contributed by atoms with Crippen LogP contribution in [0.25, 0.3) is 97.0 Å². The normalized spacial score (nSPS) is 11.7. The van der Waals surface area contributed by atoms with Crippen molar-refractivity contribution in [2.75, 3.05) is 4.90 Å². The van der Waals surface area contributed by atoms with Gasteiger partial charge < -0.3 is 9.32 Å². The Hall–Kier alpha value is -7.46. The Morgan fingerprint density at radius 3 is 1.76 bits per heavy atom. The van der Waals surface area contributed by atoms with Crippen LogP contribution in [-0.4, -0.2) is 0 Å². The molecule has 0 unspecified atom stereocenters. The molecule has 0 aliphatic rings. The molecule has 0 spiro atoms. The third-order valence-corrected chi connectivity index (χ3v) is 13.1. The molecular weight excluding hydrogens is 735 g/mol. The number of nitrogens with zero attached hydrogens (tertiary/aromatic N) is 1. The molecule has 0 aliphatic heterocycles. The first kappa shape index (κ1) is 33.7. The summed E-state index contributed by atoms with van der Waals surface area (Å²) >= 11 is 1.87. The predicted octanol–water partition coefficient (Wildman–Crippen LogP) is 16.7. The number of anilines is 3. The average Bonchev–Trinajstić information content (AvgIpc) is 3.88. The van der Waals surface area contributed by atoms with Crippen LogP contribution in [0.15, 0.2) is 217 Å². The Bertz CT molecular complexity index is 3540. The summed E-state index contributed by atoms with van der Waals surface area (Å²) in [4.78, 5) is 2.36. The van der Waals surface area contributed by atoms with Gasteiger partial charge >= 0.3 is 0 Å². The number of thiophene rings is 1. The maximum absolute atomic E-state index is 6.68. The van der Waals surface area contributed by atoms with E-state index in [0.717, 1.165) is 39.0 Å². The lowest BCUT2D eigenvalue weighted by Gasteiger charge is -2.26. The Labute approximate surface area is 345 Å². The molecule has 3 heteroatoms. The third-order valence-electron chi connectivity index (χ3n) is 11.9. The van der Waals surface area contributed by atoms with Crippen LogP contribution >= 0.6 is 11.3 Å². The number of hydrogen-bond acceptors (Lipinski definition) is 3. The van der Waals surface area contributed by atoms with Gasteiger partial charge in [-0.3, -0.25) is 0 Å². The van der Waals surface area contributed by atoms with Gasteiger partial charge in [0.1, 0.15) is 11.2 Å². The zero-order valence-corrected chi connectivity index (χ0v) is 32.8. The molecule has 10 aromatic carbocycles. The third kappa shape index (κ3) is 5.62. The predicted molar refractivity (Wildman–Crippen MR) is 253 cm³/mol. The molecule has 0 saturated heterocycles. The minimum Gasteiger partial charge on any atom is -0.456 e. The molecule has 12 aromatic rings. The van der Waals surface area contributed by atoms with Crippen LogP contribution in [0.4, 0.5) is 17.1 Å². The first-order valence-electron chi connectivity index (χ1n) is 20.1. The van der Waals surface area contributed by atoms with E-state index in [1.807, 2.05) is 11.3 Å². The number of benzene rings is 10. The summed E-state index contributed by atoms with van der Waals surface area (Å²) in [6, 6.07) is 76.9. The van der Waals surface area contributed by atoms with Crippen LogP contribution in [0.5, 0.6) is 0 Å². The quantitative estimate of drug-likeness (QED) is 0.167. The molecule has 2 heterocycles. The van der Waals surface area contributed by atoms with E-state index in [1.54, 1.807) is 0 Å². The lowest BCUT2D eigenvalue weighted by atomic mass is 9.93. The summed E-state index contributed by atoms with van der Waals surface area (Å²) in [6.07, 6.45) is 0. The highest BCUT2D eigenvalue weighted by Crippen LogP contribution is 2.46. The Balaban J connectivity index is 1.04. The number of fused-ring (bicyclic) bond motifs is 9. The number of hydrogen-bond donors (Lipinski definition) is 0. The van der Waals surface area contributed by atoms with Crippen LogP contribution in [0, 0.1) is 0 Å². The second kappa shape index (κ2) is 13.6. The van der Waals surface area contributed by atoms with E-state index in [4.69, 9.17) is 4.42 Å². The first-order chi connectivity index (χ1) is 29.2. The van der Waals surface area contributed by atoms with E-state index in [-0.39, 0.29) is 0 Å². The highest BCUT2D eigenvalue weighted by molar-refractivity contribution is 7.26. The SMILES string of the molecule is c1ccc(-c2ccc(N(c3ccc(-c4ccc5ccccc5c4)cc3)c3ccc4oc5ccc6cccc(-c7cccc8c7sc7ccccc78)c6c5c4c3)cc2)cc1. The zero-order chi connectivity index (χ0) is 38.9. The second-order valence-corrected chi connectivity index (χ2v) is 16.3. The Morgan fingerprint density at radius 2 is 0.932 bits per heavy atom. The average molecular weight is 770 g/mol. The lowest BCUT2D eigenvalue weighted by Crippen LogP contribution is -2.09. The summed E-state index contributed by atoms with van der Waals surface area (Å²) in [6.45, 7) is 0. The highest BCUT2D eigenvalue weighted by atomic mass is 32.1. The van der Waals surface area contributed by atoms with Gasteiger partial charge in [0.2, 0.25) is 0 Å². The molecule has 0 bridgehead atoms. The van der Waals surface area contributed by atoms with Gasteiger partial charge in [-0.2, -0.15) is 0 Å². The van der Waals surface area contributed by atoms with Crippen molar-refractivity contribution < 1.29 is 4.42 Å². The van der Waals surface area contributed by atoms with Crippen molar-refractivity contribution in [1.82, 2.24) is 0 Å². The molecule has 0 atom stereocenters. The van der Waals surface area contributed by atoms with E-state index < -0.39 is 0 Å². The van der Waals surface area contributed by atoms with Crippen molar-refractivity contribution >= 4 is 92.1 Å². The van der Waals surface area contributed by atoms with E-state index in [2.05, 4.69) is 217 Å². The van der Waals surface area contributed by atoms with Gasteiger partial charge in [-0.15, -0.1) is 11.3 Å². The fraction of sp³-hybridized carbons (Fsp3) is 0. The van der Waals surface area contributed by atoms with Crippen LogP contribution < -0.4 is 4.90 Å². The molecule has 0 fully saturated rings. The van der Waals surface area contributed by atoms with Crippen LogP contribution in [-0.2, 0) is 0 Å². The maximum Gasteiger partial charge on any atom is 0.136 e. The van der Waals surface area contributed by atoms with E-state index in [9.17, 15) is 0 Å². The van der Waals surface area contributed by atoms with Gasteiger partial charge in [0.25, 0.3) is 0 Å². The summed E-state index contributed by atoms with van der Waals surface area (Å²) in [5.41, 5.74) is 12.2. The zero-order valence-electron chi connectivity index (χ0n) is 32.0. The standard InChI is InChI=1S/C56H35NOS/c1-2-10-36(11-3-1)38-22-27-43(28-23-38)57(44-29-24-39(25-30-44)42-21-20-37-12-4-5-13-41(37)34-42)45-31-33-51-50(35-45)55-52(58-51)32-26-40-14-8-16-47(54(40)55)49-18-9-17-48-46-15-6-7-19-53(46)59-56(48)49/h1-35H. The molecule has 0 N–H and O–H groups in total. The molecule has 2 aromatic heterocycles. The topological polar surface area (TPSA) is 16.4 Å². The van der Waals surface area contributed by atoms with Gasteiger partial charge in [-0.05, 0) is 105 Å². The summed E-state index contributed by atoms with van der Waals surface area (Å²) in [7, 11) is 0.